The maximum atomic E-state index is 5.53. The fraction of sp³-hybridized carbons (Fsp3) is 0.538. The van der Waals surface area contributed by atoms with Gasteiger partial charge in [0.15, 0.2) is 0 Å². The van der Waals surface area contributed by atoms with E-state index >= 15 is 0 Å². The zero-order valence-corrected chi connectivity index (χ0v) is 9.83. The maximum Gasteiger partial charge on any atom is 0.236 e. The number of fused-ring (bicyclic) bond motifs is 1. The molecule has 86 valence electrons. The number of hydrogen-bond donors (Lipinski definition) is 0. The van der Waals surface area contributed by atoms with Crippen molar-refractivity contribution in [3.05, 3.63) is 29.7 Å². The summed E-state index contributed by atoms with van der Waals surface area (Å²) in [7, 11) is 0. The molecule has 0 fully saturated rings. The third-order valence-corrected chi connectivity index (χ3v) is 2.78. The van der Waals surface area contributed by atoms with E-state index in [1.54, 1.807) is 0 Å². The molecule has 16 heavy (non-hydrogen) atoms. The van der Waals surface area contributed by atoms with Crippen molar-refractivity contribution >= 4 is 0 Å². The average Bonchev–Trinajstić information content (AvgIpc) is 2.30. The van der Waals surface area contributed by atoms with Crippen LogP contribution < -0.4 is 4.74 Å². The molecule has 0 aliphatic heterocycles. The monoisotopic (exact) mass is 218 g/mol. The topological polar surface area (TPSA) is 35.0 Å². The summed E-state index contributed by atoms with van der Waals surface area (Å²) >= 11 is 0. The smallest absolute Gasteiger partial charge is 0.236 e. The van der Waals surface area contributed by atoms with Crippen LogP contribution in [0.3, 0.4) is 0 Å². The number of ether oxygens (including phenoxy) is 1. The Labute approximate surface area is 96.6 Å². The van der Waals surface area contributed by atoms with E-state index in [4.69, 9.17) is 4.74 Å². The van der Waals surface area contributed by atoms with E-state index in [0.717, 1.165) is 36.3 Å². The fourth-order valence-corrected chi connectivity index (χ4v) is 2.03. The number of aromatic nitrogens is 2. The second kappa shape index (κ2) is 5.10. The molecule has 0 unspecified atom stereocenters. The van der Waals surface area contributed by atoms with Crippen LogP contribution in [0.25, 0.3) is 0 Å². The SMILES string of the molecule is C=CCc1nc2c(nc1OCC)CCCC2. The summed E-state index contributed by atoms with van der Waals surface area (Å²) < 4.78 is 5.53. The lowest BCUT2D eigenvalue weighted by Crippen LogP contribution is -2.12. The highest BCUT2D eigenvalue weighted by atomic mass is 16.5. The van der Waals surface area contributed by atoms with Crippen LogP contribution in [0.5, 0.6) is 5.88 Å². The predicted molar refractivity (Wildman–Crippen MR) is 63.7 cm³/mol. The summed E-state index contributed by atoms with van der Waals surface area (Å²) in [6.45, 7) is 6.35. The summed E-state index contributed by atoms with van der Waals surface area (Å²) in [5.74, 6) is 0.697. The van der Waals surface area contributed by atoms with Crippen molar-refractivity contribution in [2.24, 2.45) is 0 Å². The third-order valence-electron chi connectivity index (χ3n) is 2.78. The molecule has 1 aliphatic carbocycles. The molecule has 0 bridgehead atoms. The molecule has 3 heteroatoms. The average molecular weight is 218 g/mol. The van der Waals surface area contributed by atoms with Gasteiger partial charge in [-0.25, -0.2) is 9.97 Å². The van der Waals surface area contributed by atoms with Gasteiger partial charge in [-0.15, -0.1) is 6.58 Å². The molecule has 0 amide bonds. The van der Waals surface area contributed by atoms with Crippen molar-refractivity contribution in [1.82, 2.24) is 9.97 Å². The van der Waals surface area contributed by atoms with E-state index in [2.05, 4.69) is 16.5 Å². The molecule has 0 saturated carbocycles. The van der Waals surface area contributed by atoms with E-state index in [-0.39, 0.29) is 0 Å². The fourth-order valence-electron chi connectivity index (χ4n) is 2.03. The summed E-state index contributed by atoms with van der Waals surface area (Å²) in [6, 6.07) is 0. The van der Waals surface area contributed by atoms with Crippen LogP contribution in [0, 0.1) is 0 Å². The maximum absolute atomic E-state index is 5.53. The first kappa shape index (κ1) is 11.1. The van der Waals surface area contributed by atoms with E-state index < -0.39 is 0 Å². The van der Waals surface area contributed by atoms with E-state index in [9.17, 15) is 0 Å². The van der Waals surface area contributed by atoms with Crippen LogP contribution in [-0.4, -0.2) is 16.6 Å². The van der Waals surface area contributed by atoms with Gasteiger partial charge in [0.2, 0.25) is 5.88 Å². The van der Waals surface area contributed by atoms with Gasteiger partial charge in [-0.3, -0.25) is 0 Å². The van der Waals surface area contributed by atoms with Crippen molar-refractivity contribution in [3.63, 3.8) is 0 Å². The molecule has 0 spiro atoms. The Morgan fingerprint density at radius 2 is 1.94 bits per heavy atom. The summed E-state index contributed by atoms with van der Waals surface area (Å²) in [6.07, 6.45) is 7.12. The molecule has 0 saturated heterocycles. The van der Waals surface area contributed by atoms with Crippen LogP contribution in [0.2, 0.25) is 0 Å². The zero-order valence-electron chi connectivity index (χ0n) is 9.83. The Morgan fingerprint density at radius 1 is 1.25 bits per heavy atom. The van der Waals surface area contributed by atoms with Gasteiger partial charge in [0.25, 0.3) is 0 Å². The van der Waals surface area contributed by atoms with Gasteiger partial charge in [0, 0.05) is 6.42 Å². The van der Waals surface area contributed by atoms with E-state index in [1.807, 2.05) is 13.0 Å². The minimum Gasteiger partial charge on any atom is -0.477 e. The number of aryl methyl sites for hydroxylation is 2. The summed E-state index contributed by atoms with van der Waals surface area (Å²) in [5, 5.41) is 0. The van der Waals surface area contributed by atoms with Crippen molar-refractivity contribution in [1.29, 1.82) is 0 Å². The minimum atomic E-state index is 0.637. The van der Waals surface area contributed by atoms with Crippen LogP contribution in [0.1, 0.15) is 36.8 Å². The van der Waals surface area contributed by atoms with Gasteiger partial charge in [0.05, 0.1) is 18.0 Å². The minimum absolute atomic E-state index is 0.637. The highest BCUT2D eigenvalue weighted by Crippen LogP contribution is 2.23. The molecule has 1 aromatic rings. The standard InChI is InChI=1S/C13H18N2O/c1-3-7-12-13(16-4-2)15-11-9-6-5-8-10(11)14-12/h3H,1,4-9H2,2H3. The van der Waals surface area contributed by atoms with E-state index in [1.165, 1.54) is 12.8 Å². The Kier molecular flexibility index (Phi) is 3.54. The molecular weight excluding hydrogens is 200 g/mol. The van der Waals surface area contributed by atoms with Gasteiger partial charge < -0.3 is 4.74 Å². The van der Waals surface area contributed by atoms with Crippen molar-refractivity contribution in [2.75, 3.05) is 6.61 Å². The lowest BCUT2D eigenvalue weighted by molar-refractivity contribution is 0.319. The normalized spacial score (nSPS) is 14.3. The molecule has 2 rings (SSSR count). The van der Waals surface area contributed by atoms with Crippen molar-refractivity contribution < 1.29 is 4.74 Å². The summed E-state index contributed by atoms with van der Waals surface area (Å²) in [5.41, 5.74) is 3.21. The molecule has 0 N–H and O–H groups in total. The third kappa shape index (κ3) is 2.23. The molecule has 1 aromatic heterocycles. The van der Waals surface area contributed by atoms with Crippen LogP contribution >= 0.6 is 0 Å². The molecule has 3 nitrogen and oxygen atoms in total. The lowest BCUT2D eigenvalue weighted by Gasteiger charge is -2.17. The largest absolute Gasteiger partial charge is 0.477 e. The molecule has 0 radical (unpaired) electrons. The second-order valence-corrected chi connectivity index (χ2v) is 4.00. The zero-order chi connectivity index (χ0) is 11.4. The number of nitrogens with zero attached hydrogens (tertiary/aromatic N) is 2. The molecule has 0 atom stereocenters. The first-order valence-electron chi connectivity index (χ1n) is 5.97. The molecular formula is C13H18N2O. The Balaban J connectivity index is 2.37. The Hall–Kier alpha value is -1.38. The van der Waals surface area contributed by atoms with Gasteiger partial charge in [0.1, 0.15) is 5.69 Å². The lowest BCUT2D eigenvalue weighted by atomic mass is 10.0. The number of rotatable bonds is 4. The first-order chi connectivity index (χ1) is 7.85. The van der Waals surface area contributed by atoms with Gasteiger partial charge in [-0.05, 0) is 32.6 Å². The van der Waals surface area contributed by atoms with Crippen LogP contribution in [-0.2, 0) is 19.3 Å². The molecule has 1 heterocycles. The Bertz CT molecular complexity index is 388. The number of hydrogen-bond acceptors (Lipinski definition) is 3. The predicted octanol–water partition coefficient (Wildman–Crippen LogP) is 2.48. The Morgan fingerprint density at radius 3 is 2.56 bits per heavy atom. The highest BCUT2D eigenvalue weighted by Gasteiger charge is 2.16. The highest BCUT2D eigenvalue weighted by molar-refractivity contribution is 5.28. The van der Waals surface area contributed by atoms with Gasteiger partial charge in [-0.2, -0.15) is 0 Å². The van der Waals surface area contributed by atoms with Crippen LogP contribution in [0.15, 0.2) is 12.7 Å². The molecule has 1 aliphatic rings. The molecule has 0 aromatic carbocycles. The van der Waals surface area contributed by atoms with Crippen molar-refractivity contribution in [2.45, 2.75) is 39.0 Å². The second-order valence-electron chi connectivity index (χ2n) is 4.00. The van der Waals surface area contributed by atoms with Gasteiger partial charge in [-0.1, -0.05) is 6.08 Å². The van der Waals surface area contributed by atoms with E-state index in [0.29, 0.717) is 12.5 Å². The quantitative estimate of drug-likeness (QED) is 0.728. The van der Waals surface area contributed by atoms with Crippen LogP contribution in [0.4, 0.5) is 0 Å². The van der Waals surface area contributed by atoms with Gasteiger partial charge >= 0.3 is 0 Å². The van der Waals surface area contributed by atoms with Crippen molar-refractivity contribution in [3.8, 4) is 5.88 Å². The first-order valence-corrected chi connectivity index (χ1v) is 5.97. The number of allylic oxidation sites excluding steroid dienone is 1. The summed E-state index contributed by atoms with van der Waals surface area (Å²) in [4.78, 5) is 9.25.